The van der Waals surface area contributed by atoms with E-state index in [9.17, 15) is 9.18 Å². The zero-order valence-corrected chi connectivity index (χ0v) is 10.7. The van der Waals surface area contributed by atoms with E-state index in [-0.39, 0.29) is 27.6 Å². The number of benzene rings is 2. The fourth-order valence-electron chi connectivity index (χ4n) is 1.54. The second-order valence-corrected chi connectivity index (χ2v) is 4.19. The fraction of sp³-hybridized carbons (Fsp3) is 0. The molecule has 6 heteroatoms. The van der Waals surface area contributed by atoms with E-state index in [2.05, 4.69) is 0 Å². The molecule has 4 nitrogen and oxygen atoms in total. The number of carboxylic acid groups (broad SMARTS) is 1. The summed E-state index contributed by atoms with van der Waals surface area (Å²) >= 11 is 5.87. The van der Waals surface area contributed by atoms with Gasteiger partial charge in [-0.15, -0.1) is 0 Å². The van der Waals surface area contributed by atoms with Crippen LogP contribution in [0.3, 0.4) is 0 Å². The number of carbonyl (C=O) groups is 1. The molecule has 0 heterocycles. The number of ether oxygens (including phenoxy) is 1. The van der Waals surface area contributed by atoms with Crippen LogP contribution in [0, 0.1) is 17.1 Å². The summed E-state index contributed by atoms with van der Waals surface area (Å²) in [5, 5.41) is 17.7. The van der Waals surface area contributed by atoms with Crippen LogP contribution in [0.2, 0.25) is 5.02 Å². The molecule has 0 spiro atoms. The third kappa shape index (κ3) is 2.71. The van der Waals surface area contributed by atoms with Gasteiger partial charge in [0.1, 0.15) is 5.56 Å². The van der Waals surface area contributed by atoms with Crippen molar-refractivity contribution in [2.75, 3.05) is 0 Å². The molecule has 0 unspecified atom stereocenters. The number of carboxylic acids is 1. The van der Waals surface area contributed by atoms with E-state index < -0.39 is 11.8 Å². The summed E-state index contributed by atoms with van der Waals surface area (Å²) in [4.78, 5) is 11.1. The molecule has 1 N–H and O–H groups in total. The Kier molecular flexibility index (Phi) is 3.87. The monoisotopic (exact) mass is 291 g/mol. The SMILES string of the molecule is N#Cc1ccc(Oc2c(Cl)cccc2C(=O)O)c(F)c1. The first-order valence-electron chi connectivity index (χ1n) is 5.42. The zero-order valence-electron chi connectivity index (χ0n) is 9.93. The minimum absolute atomic E-state index is 0.0497. The van der Waals surface area contributed by atoms with Crippen molar-refractivity contribution in [3.63, 3.8) is 0 Å². The number of aromatic carboxylic acids is 1. The van der Waals surface area contributed by atoms with Gasteiger partial charge in [0.2, 0.25) is 0 Å². The van der Waals surface area contributed by atoms with Crippen LogP contribution in [0.5, 0.6) is 11.5 Å². The van der Waals surface area contributed by atoms with Crippen LogP contribution in [-0.2, 0) is 0 Å². The Morgan fingerprint density at radius 1 is 1.35 bits per heavy atom. The van der Waals surface area contributed by atoms with Crippen molar-refractivity contribution in [2.45, 2.75) is 0 Å². The predicted molar refractivity (Wildman–Crippen MR) is 69.6 cm³/mol. The highest BCUT2D eigenvalue weighted by Crippen LogP contribution is 2.34. The molecular weight excluding hydrogens is 285 g/mol. The highest BCUT2D eigenvalue weighted by atomic mass is 35.5. The topological polar surface area (TPSA) is 70.3 Å². The van der Waals surface area contributed by atoms with Crippen LogP contribution in [0.4, 0.5) is 4.39 Å². The predicted octanol–water partition coefficient (Wildman–Crippen LogP) is 3.84. The molecule has 0 amide bonds. The van der Waals surface area contributed by atoms with Gasteiger partial charge in [-0.3, -0.25) is 0 Å². The lowest BCUT2D eigenvalue weighted by molar-refractivity contribution is 0.0694. The number of hydrogen-bond donors (Lipinski definition) is 1. The second-order valence-electron chi connectivity index (χ2n) is 3.78. The Morgan fingerprint density at radius 2 is 2.10 bits per heavy atom. The first-order valence-corrected chi connectivity index (χ1v) is 5.80. The molecule has 100 valence electrons. The first kappa shape index (κ1) is 13.8. The van der Waals surface area contributed by atoms with E-state index in [0.29, 0.717) is 0 Å². The number of para-hydroxylation sites is 1. The Balaban J connectivity index is 2.45. The van der Waals surface area contributed by atoms with Crippen molar-refractivity contribution < 1.29 is 19.0 Å². The normalized spacial score (nSPS) is 9.85. The number of halogens is 2. The summed E-state index contributed by atoms with van der Waals surface area (Å²) in [5.74, 6) is -2.37. The maximum atomic E-state index is 13.7. The number of hydrogen-bond acceptors (Lipinski definition) is 3. The maximum absolute atomic E-state index is 13.7. The smallest absolute Gasteiger partial charge is 0.339 e. The third-order valence-corrected chi connectivity index (χ3v) is 2.77. The number of nitriles is 1. The van der Waals surface area contributed by atoms with E-state index in [1.54, 1.807) is 6.07 Å². The van der Waals surface area contributed by atoms with Crippen LogP contribution in [0.1, 0.15) is 15.9 Å². The van der Waals surface area contributed by atoms with E-state index in [0.717, 1.165) is 6.07 Å². The Hall–Kier alpha value is -2.58. The van der Waals surface area contributed by atoms with E-state index >= 15 is 0 Å². The molecule has 2 aromatic carbocycles. The molecule has 0 aromatic heterocycles. The maximum Gasteiger partial charge on any atom is 0.339 e. The molecule has 0 bridgehead atoms. The molecule has 2 aromatic rings. The standard InChI is InChI=1S/C14H7ClFNO3/c15-10-3-1-2-9(14(18)19)13(10)20-12-5-4-8(7-17)6-11(12)16/h1-6H,(H,18,19). The minimum atomic E-state index is -1.24. The lowest BCUT2D eigenvalue weighted by atomic mass is 10.2. The summed E-state index contributed by atoms with van der Waals surface area (Å²) in [6, 6.07) is 9.56. The molecule has 0 aliphatic rings. The summed E-state index contributed by atoms with van der Waals surface area (Å²) in [5.41, 5.74) is -0.0475. The van der Waals surface area contributed by atoms with Gasteiger partial charge in [0.15, 0.2) is 17.3 Å². The summed E-state index contributed by atoms with van der Waals surface area (Å²) in [7, 11) is 0. The molecule has 0 saturated carbocycles. The van der Waals surface area contributed by atoms with Gasteiger partial charge in [-0.25, -0.2) is 9.18 Å². The van der Waals surface area contributed by atoms with Gasteiger partial charge in [-0.05, 0) is 30.3 Å². The minimum Gasteiger partial charge on any atom is -0.478 e. The van der Waals surface area contributed by atoms with Gasteiger partial charge in [0.25, 0.3) is 0 Å². The van der Waals surface area contributed by atoms with Crippen LogP contribution in [-0.4, -0.2) is 11.1 Å². The van der Waals surface area contributed by atoms with Gasteiger partial charge in [0.05, 0.1) is 16.7 Å². The van der Waals surface area contributed by atoms with Crippen LogP contribution >= 0.6 is 11.6 Å². The number of nitrogens with zero attached hydrogens (tertiary/aromatic N) is 1. The van der Waals surface area contributed by atoms with Crippen LogP contribution < -0.4 is 4.74 Å². The van der Waals surface area contributed by atoms with Gasteiger partial charge >= 0.3 is 5.97 Å². The fourth-order valence-corrected chi connectivity index (χ4v) is 1.76. The molecule has 0 aliphatic carbocycles. The second kappa shape index (κ2) is 5.59. The lowest BCUT2D eigenvalue weighted by Crippen LogP contribution is -2.01. The molecule has 0 aliphatic heterocycles. The molecule has 0 atom stereocenters. The van der Waals surface area contributed by atoms with Crippen molar-refractivity contribution >= 4 is 17.6 Å². The molecule has 0 fully saturated rings. The molecular formula is C14H7ClFNO3. The average molecular weight is 292 g/mol. The van der Waals surface area contributed by atoms with E-state index in [1.165, 1.54) is 30.3 Å². The molecule has 2 rings (SSSR count). The zero-order chi connectivity index (χ0) is 14.7. The van der Waals surface area contributed by atoms with Crippen LogP contribution in [0.25, 0.3) is 0 Å². The highest BCUT2D eigenvalue weighted by molar-refractivity contribution is 6.32. The van der Waals surface area contributed by atoms with Gasteiger partial charge < -0.3 is 9.84 Å². The van der Waals surface area contributed by atoms with Crippen LogP contribution in [0.15, 0.2) is 36.4 Å². The Bertz CT molecular complexity index is 725. The van der Waals surface area contributed by atoms with Crippen molar-refractivity contribution in [1.82, 2.24) is 0 Å². The van der Waals surface area contributed by atoms with Gasteiger partial charge in [-0.1, -0.05) is 17.7 Å². The van der Waals surface area contributed by atoms with Crippen molar-refractivity contribution in [2.24, 2.45) is 0 Å². The number of rotatable bonds is 3. The third-order valence-electron chi connectivity index (χ3n) is 2.47. The average Bonchev–Trinajstić information content (AvgIpc) is 2.42. The quantitative estimate of drug-likeness (QED) is 0.932. The molecule has 0 saturated heterocycles. The van der Waals surface area contributed by atoms with E-state index in [1.807, 2.05) is 0 Å². The van der Waals surface area contributed by atoms with Gasteiger partial charge in [0, 0.05) is 0 Å². The molecule has 0 radical (unpaired) electrons. The van der Waals surface area contributed by atoms with Gasteiger partial charge in [-0.2, -0.15) is 5.26 Å². The largest absolute Gasteiger partial charge is 0.478 e. The summed E-state index contributed by atoms with van der Waals surface area (Å²) in [6.45, 7) is 0. The highest BCUT2D eigenvalue weighted by Gasteiger charge is 2.17. The first-order chi connectivity index (χ1) is 9.52. The summed E-state index contributed by atoms with van der Waals surface area (Å²) in [6.07, 6.45) is 0. The summed E-state index contributed by atoms with van der Waals surface area (Å²) < 4.78 is 19.0. The Morgan fingerprint density at radius 3 is 2.70 bits per heavy atom. The van der Waals surface area contributed by atoms with E-state index in [4.69, 9.17) is 26.7 Å². The van der Waals surface area contributed by atoms with Crippen molar-refractivity contribution in [3.05, 3.63) is 58.4 Å². The Labute approximate surface area is 118 Å². The van der Waals surface area contributed by atoms with Crippen molar-refractivity contribution in [3.8, 4) is 17.6 Å². The molecule has 20 heavy (non-hydrogen) atoms. The lowest BCUT2D eigenvalue weighted by Gasteiger charge is -2.11. The van der Waals surface area contributed by atoms with Crippen molar-refractivity contribution in [1.29, 1.82) is 5.26 Å².